The molecule has 0 saturated heterocycles. The van der Waals surface area contributed by atoms with Crippen molar-refractivity contribution >= 4 is 29.2 Å². The Morgan fingerprint density at radius 1 is 1.15 bits per heavy atom. The first-order valence-corrected chi connectivity index (χ1v) is 7.23. The minimum Gasteiger partial charge on any atom is -0.409 e. The van der Waals surface area contributed by atoms with Crippen LogP contribution in [-0.4, -0.2) is 11.0 Å². The topological polar surface area (TPSA) is 58.6 Å². The zero-order valence-electron chi connectivity index (χ0n) is 11.2. The SMILES string of the molecule is Cc1ccc(C)c(Sc2ccc(Cl)cc2C(N)=NO)c1. The zero-order chi connectivity index (χ0) is 14.7. The van der Waals surface area contributed by atoms with E-state index in [-0.39, 0.29) is 5.84 Å². The highest BCUT2D eigenvalue weighted by Crippen LogP contribution is 2.34. The van der Waals surface area contributed by atoms with Gasteiger partial charge in [-0.1, -0.05) is 40.7 Å². The molecule has 3 N–H and O–H groups in total. The van der Waals surface area contributed by atoms with Crippen LogP contribution in [0, 0.1) is 13.8 Å². The Bertz CT molecular complexity index is 671. The van der Waals surface area contributed by atoms with E-state index in [9.17, 15) is 0 Å². The number of nitrogens with zero attached hydrogens (tertiary/aromatic N) is 1. The quantitative estimate of drug-likeness (QED) is 0.387. The maximum Gasteiger partial charge on any atom is 0.171 e. The minimum absolute atomic E-state index is 0.0558. The van der Waals surface area contributed by atoms with Crippen LogP contribution < -0.4 is 5.73 Å². The van der Waals surface area contributed by atoms with Gasteiger partial charge in [-0.25, -0.2) is 0 Å². The molecule has 0 aliphatic rings. The predicted octanol–water partition coefficient (Wildman–Crippen LogP) is 4.20. The van der Waals surface area contributed by atoms with Crippen molar-refractivity contribution in [3.05, 3.63) is 58.1 Å². The van der Waals surface area contributed by atoms with Crippen LogP contribution in [0.3, 0.4) is 0 Å². The number of benzene rings is 2. The van der Waals surface area contributed by atoms with Crippen LogP contribution >= 0.6 is 23.4 Å². The fourth-order valence-corrected chi connectivity index (χ4v) is 3.07. The standard InChI is InChI=1S/C15H15ClN2OS/c1-9-3-4-10(2)14(7-9)20-13-6-5-11(16)8-12(13)15(17)18-19/h3-8,19H,1-2H3,(H2,17,18). The van der Waals surface area contributed by atoms with Gasteiger partial charge in [0.05, 0.1) is 0 Å². The van der Waals surface area contributed by atoms with Crippen LogP contribution in [-0.2, 0) is 0 Å². The highest BCUT2D eigenvalue weighted by Gasteiger charge is 2.11. The molecule has 2 rings (SSSR count). The molecule has 0 atom stereocenters. The Labute approximate surface area is 127 Å². The lowest BCUT2D eigenvalue weighted by Crippen LogP contribution is -2.14. The molecule has 20 heavy (non-hydrogen) atoms. The second-order valence-electron chi connectivity index (χ2n) is 4.50. The van der Waals surface area contributed by atoms with E-state index in [0.717, 1.165) is 9.79 Å². The van der Waals surface area contributed by atoms with E-state index in [2.05, 4.69) is 37.2 Å². The van der Waals surface area contributed by atoms with Crippen molar-refractivity contribution in [2.75, 3.05) is 0 Å². The largest absolute Gasteiger partial charge is 0.409 e. The van der Waals surface area contributed by atoms with Crippen molar-refractivity contribution in [3.8, 4) is 0 Å². The summed E-state index contributed by atoms with van der Waals surface area (Å²) in [4.78, 5) is 2.04. The van der Waals surface area contributed by atoms with E-state index in [0.29, 0.717) is 10.6 Å². The highest BCUT2D eigenvalue weighted by atomic mass is 35.5. The van der Waals surface area contributed by atoms with E-state index in [1.165, 1.54) is 11.1 Å². The van der Waals surface area contributed by atoms with Crippen LogP contribution in [0.1, 0.15) is 16.7 Å². The summed E-state index contributed by atoms with van der Waals surface area (Å²) in [7, 11) is 0. The lowest BCUT2D eigenvalue weighted by Gasteiger charge is -2.11. The first kappa shape index (κ1) is 14.8. The number of hydrogen-bond donors (Lipinski definition) is 2. The maximum absolute atomic E-state index is 8.88. The molecule has 104 valence electrons. The molecule has 0 spiro atoms. The third kappa shape index (κ3) is 3.26. The molecule has 3 nitrogen and oxygen atoms in total. The third-order valence-corrected chi connectivity index (χ3v) is 4.36. The minimum atomic E-state index is 0.0558. The second-order valence-corrected chi connectivity index (χ2v) is 6.02. The Kier molecular flexibility index (Phi) is 4.57. The molecule has 0 aromatic heterocycles. The van der Waals surface area contributed by atoms with E-state index in [4.69, 9.17) is 22.5 Å². The van der Waals surface area contributed by atoms with Crippen LogP contribution in [0.15, 0.2) is 51.3 Å². The van der Waals surface area contributed by atoms with Crippen molar-refractivity contribution < 1.29 is 5.21 Å². The summed E-state index contributed by atoms with van der Waals surface area (Å²) in [6, 6.07) is 11.6. The Morgan fingerprint density at radius 3 is 2.60 bits per heavy atom. The van der Waals surface area contributed by atoms with Gasteiger partial charge in [0.2, 0.25) is 0 Å². The number of amidine groups is 1. The molecule has 0 bridgehead atoms. The lowest BCUT2D eigenvalue weighted by molar-refractivity contribution is 0.318. The van der Waals surface area contributed by atoms with Crippen molar-refractivity contribution in [1.29, 1.82) is 0 Å². The molecule has 0 aliphatic heterocycles. The summed E-state index contributed by atoms with van der Waals surface area (Å²) in [5.41, 5.74) is 8.72. The molecular formula is C15H15ClN2OS. The van der Waals surface area contributed by atoms with E-state index >= 15 is 0 Å². The molecule has 0 aliphatic carbocycles. The second kappa shape index (κ2) is 6.20. The van der Waals surface area contributed by atoms with Gasteiger partial charge in [-0.15, -0.1) is 0 Å². The summed E-state index contributed by atoms with van der Waals surface area (Å²) in [5, 5.41) is 12.5. The average Bonchev–Trinajstić information content (AvgIpc) is 2.43. The molecule has 0 heterocycles. The Hall–Kier alpha value is -1.65. The lowest BCUT2D eigenvalue weighted by atomic mass is 10.2. The Balaban J connectivity index is 2.46. The zero-order valence-corrected chi connectivity index (χ0v) is 12.8. The third-order valence-electron chi connectivity index (χ3n) is 2.89. The monoisotopic (exact) mass is 306 g/mol. The smallest absolute Gasteiger partial charge is 0.171 e. The first-order chi connectivity index (χ1) is 9.51. The molecule has 5 heteroatoms. The van der Waals surface area contributed by atoms with Gasteiger partial charge in [-0.2, -0.15) is 0 Å². The maximum atomic E-state index is 8.88. The van der Waals surface area contributed by atoms with Gasteiger partial charge in [0, 0.05) is 20.4 Å². The van der Waals surface area contributed by atoms with Gasteiger partial charge < -0.3 is 10.9 Å². The number of oxime groups is 1. The van der Waals surface area contributed by atoms with Gasteiger partial charge in [-0.05, 0) is 49.2 Å². The molecule has 2 aromatic rings. The molecule has 2 aromatic carbocycles. The van der Waals surface area contributed by atoms with Gasteiger partial charge >= 0.3 is 0 Å². The van der Waals surface area contributed by atoms with E-state index < -0.39 is 0 Å². The van der Waals surface area contributed by atoms with Gasteiger partial charge in [0.1, 0.15) is 0 Å². The summed E-state index contributed by atoms with van der Waals surface area (Å²) < 4.78 is 0. The van der Waals surface area contributed by atoms with E-state index in [1.54, 1.807) is 23.9 Å². The molecule has 0 amide bonds. The average molecular weight is 307 g/mol. The van der Waals surface area contributed by atoms with Gasteiger partial charge in [0.15, 0.2) is 5.84 Å². The van der Waals surface area contributed by atoms with Crippen molar-refractivity contribution in [2.45, 2.75) is 23.6 Å². The number of halogens is 1. The molecular weight excluding hydrogens is 292 g/mol. The van der Waals surface area contributed by atoms with Crippen LogP contribution in [0.25, 0.3) is 0 Å². The van der Waals surface area contributed by atoms with Crippen molar-refractivity contribution in [2.24, 2.45) is 10.9 Å². The number of hydrogen-bond acceptors (Lipinski definition) is 3. The molecule has 0 fully saturated rings. The molecule has 0 unspecified atom stereocenters. The Morgan fingerprint density at radius 2 is 1.90 bits per heavy atom. The summed E-state index contributed by atoms with van der Waals surface area (Å²) in [6.07, 6.45) is 0. The van der Waals surface area contributed by atoms with Crippen LogP contribution in [0.2, 0.25) is 5.02 Å². The summed E-state index contributed by atoms with van der Waals surface area (Å²) in [6.45, 7) is 4.11. The van der Waals surface area contributed by atoms with Crippen LogP contribution in [0.4, 0.5) is 0 Å². The fourth-order valence-electron chi connectivity index (χ4n) is 1.78. The number of aryl methyl sites for hydroxylation is 2. The first-order valence-electron chi connectivity index (χ1n) is 6.04. The number of nitrogens with two attached hydrogens (primary N) is 1. The van der Waals surface area contributed by atoms with Crippen molar-refractivity contribution in [1.82, 2.24) is 0 Å². The normalized spacial score (nSPS) is 11.7. The van der Waals surface area contributed by atoms with Crippen molar-refractivity contribution in [3.63, 3.8) is 0 Å². The summed E-state index contributed by atoms with van der Waals surface area (Å²) >= 11 is 7.55. The highest BCUT2D eigenvalue weighted by molar-refractivity contribution is 7.99. The van der Waals surface area contributed by atoms with Gasteiger partial charge in [0.25, 0.3) is 0 Å². The molecule has 0 radical (unpaired) electrons. The van der Waals surface area contributed by atoms with Gasteiger partial charge in [-0.3, -0.25) is 0 Å². The number of rotatable bonds is 3. The fraction of sp³-hybridized carbons (Fsp3) is 0.133. The van der Waals surface area contributed by atoms with E-state index in [1.807, 2.05) is 6.07 Å². The van der Waals surface area contributed by atoms with Crippen LogP contribution in [0.5, 0.6) is 0 Å². The predicted molar refractivity (Wildman–Crippen MR) is 84.0 cm³/mol. The molecule has 0 saturated carbocycles. The summed E-state index contributed by atoms with van der Waals surface area (Å²) in [5.74, 6) is 0.0558.